The number of aromatic amines is 1. The number of nitrogens with zero attached hydrogens (tertiary/aromatic N) is 4. The molecule has 0 unspecified atom stereocenters. The number of nitrogens with one attached hydrogen (secondary N) is 2. The fourth-order valence-corrected chi connectivity index (χ4v) is 4.17. The van der Waals surface area contributed by atoms with Crippen LogP contribution in [0.5, 0.6) is 0 Å². The van der Waals surface area contributed by atoms with Crippen molar-refractivity contribution in [2.75, 3.05) is 13.1 Å². The van der Waals surface area contributed by atoms with E-state index in [1.54, 1.807) is 12.1 Å². The van der Waals surface area contributed by atoms with E-state index < -0.39 is 0 Å². The van der Waals surface area contributed by atoms with Crippen molar-refractivity contribution in [3.8, 4) is 11.3 Å². The monoisotopic (exact) mass is 424 g/mol. The Bertz CT molecular complexity index is 1060. The third-order valence-electron chi connectivity index (χ3n) is 6.11. The van der Waals surface area contributed by atoms with Crippen LogP contribution in [0.4, 0.5) is 4.39 Å². The third kappa shape index (κ3) is 4.54. The van der Waals surface area contributed by atoms with Crippen LogP contribution in [0.1, 0.15) is 47.2 Å². The van der Waals surface area contributed by atoms with Crippen molar-refractivity contribution in [1.29, 1.82) is 0 Å². The van der Waals surface area contributed by atoms with Crippen LogP contribution in [-0.2, 0) is 20.0 Å². The molecule has 0 radical (unpaired) electrons. The van der Waals surface area contributed by atoms with E-state index in [0.29, 0.717) is 17.0 Å². The number of rotatable bonds is 6. The molecule has 1 saturated heterocycles. The number of carbonyl (C=O) groups excluding carboxylic acids is 1. The first kappa shape index (κ1) is 21.2. The Morgan fingerprint density at radius 2 is 2.03 bits per heavy atom. The average Bonchev–Trinajstić information content (AvgIpc) is 3.32. The first-order valence-corrected chi connectivity index (χ1v) is 10.8. The predicted octanol–water partition coefficient (Wildman–Crippen LogP) is 3.21. The summed E-state index contributed by atoms with van der Waals surface area (Å²) in [6.45, 7) is 6.48. The van der Waals surface area contributed by atoms with E-state index in [-0.39, 0.29) is 17.8 Å². The number of carbonyl (C=O) groups is 1. The number of piperidine rings is 1. The van der Waals surface area contributed by atoms with Crippen molar-refractivity contribution in [1.82, 2.24) is 30.2 Å². The fraction of sp³-hybridized carbons (Fsp3) is 0.435. The second-order valence-corrected chi connectivity index (χ2v) is 8.18. The second kappa shape index (κ2) is 9.01. The van der Waals surface area contributed by atoms with Gasteiger partial charge in [0.2, 0.25) is 0 Å². The van der Waals surface area contributed by atoms with Crippen LogP contribution in [0.3, 0.4) is 0 Å². The van der Waals surface area contributed by atoms with Crippen LogP contribution in [0, 0.1) is 12.7 Å². The Morgan fingerprint density at radius 1 is 1.29 bits per heavy atom. The van der Waals surface area contributed by atoms with Gasteiger partial charge in [-0.25, -0.2) is 4.39 Å². The summed E-state index contributed by atoms with van der Waals surface area (Å²) in [4.78, 5) is 14.9. The maximum atomic E-state index is 14.1. The van der Waals surface area contributed by atoms with Gasteiger partial charge in [0, 0.05) is 49.5 Å². The van der Waals surface area contributed by atoms with Gasteiger partial charge in [0.1, 0.15) is 5.82 Å². The lowest BCUT2D eigenvalue weighted by molar-refractivity contribution is 0.0902. The molecule has 2 N–H and O–H groups in total. The molecule has 2 aromatic heterocycles. The Hall–Kier alpha value is -3.00. The van der Waals surface area contributed by atoms with Crippen LogP contribution in [0.15, 0.2) is 30.3 Å². The lowest BCUT2D eigenvalue weighted by atomic mass is 10.0. The van der Waals surface area contributed by atoms with Gasteiger partial charge in [-0.3, -0.25) is 19.5 Å². The third-order valence-corrected chi connectivity index (χ3v) is 6.11. The van der Waals surface area contributed by atoms with E-state index in [4.69, 9.17) is 0 Å². The first-order valence-electron chi connectivity index (χ1n) is 10.8. The van der Waals surface area contributed by atoms with E-state index in [0.717, 1.165) is 55.8 Å². The molecule has 3 aromatic rings. The number of hydrogen-bond acceptors (Lipinski definition) is 4. The lowest BCUT2D eigenvalue weighted by Crippen LogP contribution is -2.44. The fourth-order valence-electron chi connectivity index (χ4n) is 4.17. The molecule has 1 aliphatic heterocycles. The van der Waals surface area contributed by atoms with Crippen LogP contribution in [-0.4, -0.2) is 49.9 Å². The number of benzene rings is 1. The zero-order valence-corrected chi connectivity index (χ0v) is 18.3. The van der Waals surface area contributed by atoms with Crippen molar-refractivity contribution in [2.45, 2.75) is 45.7 Å². The summed E-state index contributed by atoms with van der Waals surface area (Å²) in [6.07, 6.45) is 2.60. The van der Waals surface area contributed by atoms with E-state index in [2.05, 4.69) is 25.5 Å². The molecule has 164 valence electrons. The summed E-state index contributed by atoms with van der Waals surface area (Å²) in [5, 5.41) is 14.8. The van der Waals surface area contributed by atoms with Crippen molar-refractivity contribution in [2.24, 2.45) is 7.05 Å². The molecule has 7 nitrogen and oxygen atoms in total. The summed E-state index contributed by atoms with van der Waals surface area (Å²) >= 11 is 0. The van der Waals surface area contributed by atoms with Gasteiger partial charge in [0.15, 0.2) is 5.69 Å². The molecule has 8 heteroatoms. The molecular formula is C23H29FN6O. The highest BCUT2D eigenvalue weighted by Gasteiger charge is 2.24. The van der Waals surface area contributed by atoms with Gasteiger partial charge in [-0.2, -0.15) is 10.2 Å². The van der Waals surface area contributed by atoms with Gasteiger partial charge in [0.25, 0.3) is 5.91 Å². The van der Waals surface area contributed by atoms with Crippen LogP contribution < -0.4 is 5.32 Å². The Kier molecular flexibility index (Phi) is 6.18. The zero-order chi connectivity index (χ0) is 22.0. The molecule has 1 amide bonds. The highest BCUT2D eigenvalue weighted by molar-refractivity contribution is 5.94. The minimum absolute atomic E-state index is 0.104. The molecular weight excluding hydrogens is 395 g/mol. The zero-order valence-electron chi connectivity index (χ0n) is 18.3. The molecule has 3 heterocycles. The maximum Gasteiger partial charge on any atom is 0.272 e. The number of H-pyrrole nitrogens is 1. The molecule has 0 atom stereocenters. The number of aromatic nitrogens is 4. The number of hydrogen-bond donors (Lipinski definition) is 2. The van der Waals surface area contributed by atoms with Gasteiger partial charge >= 0.3 is 0 Å². The second-order valence-electron chi connectivity index (χ2n) is 8.18. The topological polar surface area (TPSA) is 78.8 Å². The predicted molar refractivity (Wildman–Crippen MR) is 117 cm³/mol. The number of likely N-dealkylation sites (tertiary alicyclic amines) is 1. The van der Waals surface area contributed by atoms with Gasteiger partial charge in [-0.05, 0) is 44.4 Å². The largest absolute Gasteiger partial charge is 0.348 e. The van der Waals surface area contributed by atoms with E-state index in [1.807, 2.05) is 37.7 Å². The minimum Gasteiger partial charge on any atom is -0.348 e. The van der Waals surface area contributed by atoms with Crippen molar-refractivity contribution in [3.63, 3.8) is 0 Å². The summed E-state index contributed by atoms with van der Waals surface area (Å²) in [5.41, 5.74) is 4.64. The normalized spacial score (nSPS) is 15.4. The highest BCUT2D eigenvalue weighted by Crippen LogP contribution is 2.23. The van der Waals surface area contributed by atoms with Gasteiger partial charge in [0.05, 0.1) is 11.4 Å². The Morgan fingerprint density at radius 3 is 2.71 bits per heavy atom. The maximum absolute atomic E-state index is 14.1. The van der Waals surface area contributed by atoms with Crippen molar-refractivity contribution >= 4 is 5.91 Å². The first-order chi connectivity index (χ1) is 15.0. The van der Waals surface area contributed by atoms with E-state index >= 15 is 0 Å². The SMILES string of the molecule is CCc1[nH]nc(C(=O)NC2CCN(Cc3cc(-c4ccccc4F)nn3C)CC2)c1C. The van der Waals surface area contributed by atoms with E-state index in [9.17, 15) is 9.18 Å². The Balaban J connectivity index is 1.33. The van der Waals surface area contributed by atoms with E-state index in [1.165, 1.54) is 6.07 Å². The van der Waals surface area contributed by atoms with Gasteiger partial charge in [-0.15, -0.1) is 0 Å². The molecule has 0 saturated carbocycles. The number of amides is 1. The highest BCUT2D eigenvalue weighted by atomic mass is 19.1. The average molecular weight is 425 g/mol. The molecule has 1 fully saturated rings. The van der Waals surface area contributed by atoms with Gasteiger partial charge < -0.3 is 5.32 Å². The summed E-state index contributed by atoms with van der Waals surface area (Å²) in [7, 11) is 1.89. The lowest BCUT2D eigenvalue weighted by Gasteiger charge is -2.32. The summed E-state index contributed by atoms with van der Waals surface area (Å²) in [6, 6.07) is 8.81. The number of aryl methyl sites for hydroxylation is 2. The molecule has 31 heavy (non-hydrogen) atoms. The quantitative estimate of drug-likeness (QED) is 0.637. The molecule has 0 bridgehead atoms. The molecule has 4 rings (SSSR count). The molecule has 1 aromatic carbocycles. The minimum atomic E-state index is -0.262. The van der Waals surface area contributed by atoms with Crippen LogP contribution >= 0.6 is 0 Å². The molecule has 1 aliphatic rings. The smallest absolute Gasteiger partial charge is 0.272 e. The molecule has 0 aliphatic carbocycles. The number of halogens is 1. The summed E-state index contributed by atoms with van der Waals surface area (Å²) in [5.74, 6) is -0.366. The Labute approximate surface area is 181 Å². The van der Waals surface area contributed by atoms with Crippen LogP contribution in [0.25, 0.3) is 11.3 Å². The standard InChI is InChI=1S/C23H29FN6O/c1-4-20-15(2)22(27-26-20)23(31)25-16-9-11-30(12-10-16)14-17-13-21(28-29(17)3)18-7-5-6-8-19(18)24/h5-8,13,16H,4,9-12,14H2,1-3H3,(H,25,31)(H,26,27). The van der Waals surface area contributed by atoms with Gasteiger partial charge in [-0.1, -0.05) is 19.1 Å². The van der Waals surface area contributed by atoms with Crippen LogP contribution in [0.2, 0.25) is 0 Å². The van der Waals surface area contributed by atoms with Crippen molar-refractivity contribution in [3.05, 3.63) is 58.8 Å². The molecule has 0 spiro atoms. The summed E-state index contributed by atoms with van der Waals surface area (Å²) < 4.78 is 15.9. The van der Waals surface area contributed by atoms with Crippen molar-refractivity contribution < 1.29 is 9.18 Å².